The molecule has 162 valence electrons. The van der Waals surface area contributed by atoms with E-state index in [9.17, 15) is 0 Å². The number of fused-ring (bicyclic) bond motifs is 2. The monoisotopic (exact) mass is 444 g/mol. The van der Waals surface area contributed by atoms with E-state index < -0.39 is 0 Å². The summed E-state index contributed by atoms with van der Waals surface area (Å²) in [5.74, 6) is 1.77. The van der Waals surface area contributed by atoms with E-state index in [4.69, 9.17) is 27.3 Å². The molecule has 3 aromatic heterocycles. The van der Waals surface area contributed by atoms with Gasteiger partial charge in [0.2, 0.25) is 0 Å². The number of rotatable bonds is 2. The lowest BCUT2D eigenvalue weighted by Crippen LogP contribution is -2.44. The highest BCUT2D eigenvalue weighted by Gasteiger charge is 2.46. The number of benzene rings is 1. The van der Waals surface area contributed by atoms with Gasteiger partial charge in [-0.15, -0.1) is 0 Å². The zero-order chi connectivity index (χ0) is 21.9. The number of aromatic nitrogens is 4. The van der Waals surface area contributed by atoms with Crippen LogP contribution in [0, 0.1) is 12.3 Å². The first kappa shape index (κ1) is 19.7. The summed E-state index contributed by atoms with van der Waals surface area (Å²) >= 11 is 6.54. The molecule has 1 saturated heterocycles. The van der Waals surface area contributed by atoms with Gasteiger partial charge in [0.1, 0.15) is 11.3 Å². The summed E-state index contributed by atoms with van der Waals surface area (Å²) in [6.07, 6.45) is 10.6. The Morgan fingerprint density at radius 2 is 1.88 bits per heavy atom. The number of hydrogen-bond donors (Lipinski definition) is 1. The van der Waals surface area contributed by atoms with Crippen LogP contribution in [0.15, 0.2) is 55.1 Å². The predicted octanol–water partition coefficient (Wildman–Crippen LogP) is 4.60. The van der Waals surface area contributed by atoms with Crippen molar-refractivity contribution in [3.8, 4) is 11.4 Å². The molecule has 1 aromatic carbocycles. The molecule has 6 nitrogen and oxygen atoms in total. The lowest BCUT2D eigenvalue weighted by atomic mass is 9.73. The molecule has 1 aliphatic carbocycles. The Hall–Kier alpha value is -2.96. The van der Waals surface area contributed by atoms with Crippen LogP contribution in [0.5, 0.6) is 0 Å². The van der Waals surface area contributed by atoms with Crippen LogP contribution >= 0.6 is 11.6 Å². The van der Waals surface area contributed by atoms with E-state index in [0.717, 1.165) is 60.8 Å². The van der Waals surface area contributed by atoms with Crippen molar-refractivity contribution in [2.75, 3.05) is 18.0 Å². The quantitative estimate of drug-likeness (QED) is 0.489. The Morgan fingerprint density at radius 1 is 1.06 bits per heavy atom. The van der Waals surface area contributed by atoms with Gasteiger partial charge in [-0.1, -0.05) is 35.9 Å². The van der Waals surface area contributed by atoms with Crippen molar-refractivity contribution < 1.29 is 0 Å². The van der Waals surface area contributed by atoms with E-state index in [1.807, 2.05) is 31.6 Å². The lowest BCUT2D eigenvalue weighted by molar-refractivity contribution is 0.187. The summed E-state index contributed by atoms with van der Waals surface area (Å²) in [4.78, 5) is 16.1. The van der Waals surface area contributed by atoms with E-state index in [2.05, 4.69) is 38.6 Å². The Morgan fingerprint density at radius 3 is 2.69 bits per heavy atom. The van der Waals surface area contributed by atoms with Crippen molar-refractivity contribution in [1.29, 1.82) is 0 Å². The molecular formula is C25H25ClN6. The lowest BCUT2D eigenvalue weighted by Gasteiger charge is -2.42. The normalized spacial score (nSPS) is 19.6. The first-order valence-electron chi connectivity index (χ1n) is 11.1. The molecule has 32 heavy (non-hydrogen) atoms. The maximum absolute atomic E-state index is 6.76. The summed E-state index contributed by atoms with van der Waals surface area (Å²) < 4.78 is 2.07. The molecule has 1 aliphatic heterocycles. The highest BCUT2D eigenvalue weighted by molar-refractivity contribution is 6.33. The average Bonchev–Trinajstić information content (AvgIpc) is 3.36. The van der Waals surface area contributed by atoms with Crippen molar-refractivity contribution >= 4 is 22.9 Å². The van der Waals surface area contributed by atoms with Gasteiger partial charge in [-0.05, 0) is 48.8 Å². The molecule has 2 N–H and O–H groups in total. The van der Waals surface area contributed by atoms with E-state index in [1.165, 1.54) is 11.1 Å². The summed E-state index contributed by atoms with van der Waals surface area (Å²) in [5, 5.41) is 0.632. The van der Waals surface area contributed by atoms with Gasteiger partial charge < -0.3 is 10.6 Å². The number of halogens is 1. The Kier molecular flexibility index (Phi) is 4.49. The van der Waals surface area contributed by atoms with Crippen molar-refractivity contribution in [2.45, 2.75) is 32.2 Å². The largest absolute Gasteiger partial charge is 0.355 e. The van der Waals surface area contributed by atoms with Gasteiger partial charge in [-0.2, -0.15) is 0 Å². The zero-order valence-corrected chi connectivity index (χ0v) is 18.8. The van der Waals surface area contributed by atoms with Crippen molar-refractivity contribution in [2.24, 2.45) is 11.1 Å². The summed E-state index contributed by atoms with van der Waals surface area (Å²) in [7, 11) is 0. The van der Waals surface area contributed by atoms with E-state index >= 15 is 0 Å². The summed E-state index contributed by atoms with van der Waals surface area (Å²) in [6, 6.07) is 10.7. The highest BCUT2D eigenvalue weighted by atomic mass is 35.5. The fourth-order valence-electron chi connectivity index (χ4n) is 5.55. The van der Waals surface area contributed by atoms with Crippen LogP contribution < -0.4 is 10.6 Å². The first-order chi connectivity index (χ1) is 15.6. The molecule has 1 spiro atoms. The molecule has 0 saturated carbocycles. The molecule has 0 amide bonds. The molecule has 1 atom stereocenters. The molecular weight excluding hydrogens is 420 g/mol. The molecule has 6 rings (SSSR count). The van der Waals surface area contributed by atoms with Crippen molar-refractivity contribution in [3.63, 3.8) is 0 Å². The maximum Gasteiger partial charge on any atom is 0.154 e. The Bertz CT molecular complexity index is 1320. The fraction of sp³-hybridized carbons (Fsp3) is 0.320. The van der Waals surface area contributed by atoms with Gasteiger partial charge in [0.15, 0.2) is 5.82 Å². The number of pyridine rings is 1. The Balaban J connectivity index is 1.31. The van der Waals surface area contributed by atoms with E-state index in [-0.39, 0.29) is 11.5 Å². The van der Waals surface area contributed by atoms with Gasteiger partial charge in [-0.3, -0.25) is 9.38 Å². The number of piperidine rings is 1. The number of imidazole rings is 1. The molecule has 2 aliphatic rings. The number of nitrogens with zero attached hydrogens (tertiary/aromatic N) is 5. The molecule has 4 aromatic rings. The molecule has 1 fully saturated rings. The van der Waals surface area contributed by atoms with Crippen molar-refractivity contribution in [3.05, 3.63) is 77.0 Å². The second-order valence-electron chi connectivity index (χ2n) is 9.05. The minimum Gasteiger partial charge on any atom is -0.355 e. The standard InChI is InChI=1S/C25H25ClN6/c1-16-21(26)19(6-9-28-16)23-30-15-20-24(29-10-13-32(20)23)31-11-7-25(8-12-31)14-17-4-2-3-5-18(17)22(25)27/h2-6,9-10,13,15,22H,7-8,11-12,14,27H2,1H3/t22-/m1/s1. The van der Waals surface area contributed by atoms with Crippen LogP contribution in [0.4, 0.5) is 5.82 Å². The van der Waals surface area contributed by atoms with Gasteiger partial charge in [-0.25, -0.2) is 9.97 Å². The number of nitrogens with two attached hydrogens (primary N) is 1. The highest BCUT2D eigenvalue weighted by Crippen LogP contribution is 2.51. The average molecular weight is 445 g/mol. The van der Waals surface area contributed by atoms with Crippen LogP contribution in [0.3, 0.4) is 0 Å². The second kappa shape index (κ2) is 7.29. The molecule has 0 unspecified atom stereocenters. The molecule has 0 radical (unpaired) electrons. The van der Waals surface area contributed by atoms with Crippen LogP contribution in [0.2, 0.25) is 5.02 Å². The van der Waals surface area contributed by atoms with E-state index in [1.54, 1.807) is 6.20 Å². The molecule has 7 heteroatoms. The van der Waals surface area contributed by atoms with Gasteiger partial charge in [0.25, 0.3) is 0 Å². The smallest absolute Gasteiger partial charge is 0.154 e. The van der Waals surface area contributed by atoms with E-state index in [0.29, 0.717) is 5.02 Å². The van der Waals surface area contributed by atoms with Crippen LogP contribution in [0.1, 0.15) is 35.7 Å². The SMILES string of the molecule is Cc1nccc(-c2ncc3c(N4CCC5(CC4)Cc4ccccc4[C@H]5N)nccn23)c1Cl. The molecule has 4 heterocycles. The third kappa shape index (κ3) is 2.86. The second-order valence-corrected chi connectivity index (χ2v) is 9.43. The zero-order valence-electron chi connectivity index (χ0n) is 18.0. The maximum atomic E-state index is 6.76. The first-order valence-corrected chi connectivity index (χ1v) is 11.5. The predicted molar refractivity (Wildman–Crippen MR) is 127 cm³/mol. The van der Waals surface area contributed by atoms with Gasteiger partial charge in [0, 0.05) is 43.3 Å². The topological polar surface area (TPSA) is 72.3 Å². The number of anilines is 1. The van der Waals surface area contributed by atoms with Gasteiger partial charge >= 0.3 is 0 Å². The summed E-state index contributed by atoms with van der Waals surface area (Å²) in [6.45, 7) is 3.78. The van der Waals surface area contributed by atoms with Crippen LogP contribution in [-0.2, 0) is 6.42 Å². The van der Waals surface area contributed by atoms with Crippen molar-refractivity contribution in [1.82, 2.24) is 19.4 Å². The minimum atomic E-state index is 0.114. The summed E-state index contributed by atoms with van der Waals surface area (Å²) in [5.41, 5.74) is 12.3. The third-order valence-electron chi connectivity index (χ3n) is 7.39. The van der Waals surface area contributed by atoms with Crippen LogP contribution in [-0.4, -0.2) is 32.4 Å². The number of hydrogen-bond acceptors (Lipinski definition) is 5. The fourth-order valence-corrected chi connectivity index (χ4v) is 5.74. The minimum absolute atomic E-state index is 0.114. The third-order valence-corrected chi connectivity index (χ3v) is 7.87. The Labute approximate surface area is 192 Å². The van der Waals surface area contributed by atoms with Gasteiger partial charge in [0.05, 0.1) is 16.9 Å². The van der Waals surface area contributed by atoms with Crippen LogP contribution in [0.25, 0.3) is 16.9 Å². The number of aryl methyl sites for hydroxylation is 1. The molecule has 0 bridgehead atoms.